The molecule has 0 bridgehead atoms. The number of nitrogens with zero attached hydrogens (tertiary/aromatic N) is 2. The minimum atomic E-state index is -1.07. The first kappa shape index (κ1) is 29.7. The number of benzene rings is 2. The number of Topliss-reactive ketones (excluding diaryl/α,β-unsaturated/α-hetero) is 2. The van der Waals surface area contributed by atoms with E-state index in [-0.39, 0.29) is 23.7 Å². The molecule has 9 nitrogen and oxygen atoms in total. The number of fused-ring (bicyclic) bond motifs is 1. The molecular weight excluding hydrogens is 498 g/mol. The minimum Gasteiger partial charge on any atom is -0.497 e. The second-order valence-electron chi connectivity index (χ2n) is 10.1. The van der Waals surface area contributed by atoms with E-state index in [2.05, 4.69) is 35.8 Å². The number of esters is 1. The van der Waals surface area contributed by atoms with Crippen molar-refractivity contribution in [3.05, 3.63) is 59.4 Å². The highest BCUT2D eigenvalue weighted by Gasteiger charge is 2.43. The van der Waals surface area contributed by atoms with Crippen LogP contribution in [0.15, 0.2) is 42.5 Å². The molecule has 0 radical (unpaired) electrons. The maximum Gasteiger partial charge on any atom is 0.316 e. The van der Waals surface area contributed by atoms with Gasteiger partial charge in [-0.05, 0) is 81.2 Å². The van der Waals surface area contributed by atoms with Crippen molar-refractivity contribution in [1.82, 2.24) is 14.9 Å². The van der Waals surface area contributed by atoms with Crippen LogP contribution in [0.2, 0.25) is 0 Å². The predicted octanol–water partition coefficient (Wildman–Crippen LogP) is 3.93. The SMILES string of the molecule is COC(=O)C(CCCN(C)CCCc1nc2ccc(C(=O)C(=O)C=O)cc2[nH]1)(c1ccc(OC)cc1)C(C)C. The van der Waals surface area contributed by atoms with Crippen molar-refractivity contribution in [1.29, 1.82) is 0 Å². The lowest BCUT2D eigenvalue weighted by atomic mass is 9.68. The highest BCUT2D eigenvalue weighted by molar-refractivity contribution is 6.61. The van der Waals surface area contributed by atoms with E-state index in [0.29, 0.717) is 23.9 Å². The summed E-state index contributed by atoms with van der Waals surface area (Å²) >= 11 is 0. The van der Waals surface area contributed by atoms with E-state index in [1.54, 1.807) is 19.2 Å². The Morgan fingerprint density at radius 2 is 1.74 bits per heavy atom. The Balaban J connectivity index is 1.57. The average molecular weight is 536 g/mol. The van der Waals surface area contributed by atoms with Gasteiger partial charge in [-0.1, -0.05) is 26.0 Å². The first-order valence-electron chi connectivity index (χ1n) is 13.1. The van der Waals surface area contributed by atoms with Gasteiger partial charge in [0.15, 0.2) is 6.29 Å². The van der Waals surface area contributed by atoms with Crippen LogP contribution in [-0.2, 0) is 31.0 Å². The van der Waals surface area contributed by atoms with Gasteiger partial charge in [-0.25, -0.2) is 4.98 Å². The molecule has 1 aromatic heterocycles. The second-order valence-corrected chi connectivity index (χ2v) is 10.1. The number of aryl methyl sites for hydroxylation is 1. The van der Waals surface area contributed by atoms with Crippen LogP contribution < -0.4 is 4.74 Å². The zero-order valence-corrected chi connectivity index (χ0v) is 23.3. The molecule has 1 unspecified atom stereocenters. The summed E-state index contributed by atoms with van der Waals surface area (Å²) in [4.78, 5) is 57.1. The van der Waals surface area contributed by atoms with Gasteiger partial charge in [0, 0.05) is 12.0 Å². The van der Waals surface area contributed by atoms with E-state index in [1.165, 1.54) is 13.2 Å². The fourth-order valence-corrected chi connectivity index (χ4v) is 5.07. The van der Waals surface area contributed by atoms with Crippen molar-refractivity contribution in [2.75, 3.05) is 34.4 Å². The van der Waals surface area contributed by atoms with Gasteiger partial charge in [-0.3, -0.25) is 19.2 Å². The summed E-state index contributed by atoms with van der Waals surface area (Å²) in [6, 6.07) is 12.4. The molecule has 2 aromatic carbocycles. The van der Waals surface area contributed by atoms with Crippen molar-refractivity contribution in [2.45, 2.75) is 44.9 Å². The number of aldehydes is 1. The van der Waals surface area contributed by atoms with Gasteiger partial charge in [0.2, 0.25) is 5.78 Å². The van der Waals surface area contributed by atoms with E-state index >= 15 is 0 Å². The van der Waals surface area contributed by atoms with Crippen LogP contribution in [0.5, 0.6) is 5.75 Å². The zero-order chi connectivity index (χ0) is 28.6. The number of ketones is 2. The Labute approximate surface area is 228 Å². The Bertz CT molecular complexity index is 1310. The van der Waals surface area contributed by atoms with E-state index in [1.807, 2.05) is 24.3 Å². The van der Waals surface area contributed by atoms with E-state index in [0.717, 1.165) is 43.1 Å². The van der Waals surface area contributed by atoms with E-state index < -0.39 is 17.0 Å². The largest absolute Gasteiger partial charge is 0.497 e. The third-order valence-corrected chi connectivity index (χ3v) is 7.33. The van der Waals surface area contributed by atoms with Crippen molar-refractivity contribution in [3.8, 4) is 5.75 Å². The second kappa shape index (κ2) is 13.3. The van der Waals surface area contributed by atoms with Gasteiger partial charge in [0.05, 0.1) is 30.7 Å². The standard InChI is InChI=1S/C30H37N3O6/c1-20(2)30(29(37)39-5,22-10-12-23(38-4)13-11-22)15-7-17-33(3)16-6-8-27-31-24-14-9-21(18-25(24)32-27)28(36)26(35)19-34/h9-14,18-20H,6-8,15-17H2,1-5H3,(H,31,32). The number of hydrogen-bond acceptors (Lipinski definition) is 8. The molecule has 9 heteroatoms. The summed E-state index contributed by atoms with van der Waals surface area (Å²) in [7, 11) is 5.12. The van der Waals surface area contributed by atoms with Gasteiger partial charge < -0.3 is 19.4 Å². The predicted molar refractivity (Wildman–Crippen MR) is 148 cm³/mol. The van der Waals surface area contributed by atoms with Crippen molar-refractivity contribution in [2.24, 2.45) is 5.92 Å². The molecule has 1 atom stereocenters. The summed E-state index contributed by atoms with van der Waals surface area (Å²) in [5.41, 5.74) is 1.69. The van der Waals surface area contributed by atoms with Crippen LogP contribution >= 0.6 is 0 Å². The van der Waals surface area contributed by atoms with Gasteiger partial charge in [-0.15, -0.1) is 0 Å². The summed E-state index contributed by atoms with van der Waals surface area (Å²) in [5, 5.41) is 0. The highest BCUT2D eigenvalue weighted by atomic mass is 16.5. The number of hydrogen-bond donors (Lipinski definition) is 1. The van der Waals surface area contributed by atoms with Crippen LogP contribution in [0.4, 0.5) is 0 Å². The number of aromatic nitrogens is 2. The number of carbonyl (C=O) groups excluding carboxylic acids is 4. The van der Waals surface area contributed by atoms with Gasteiger partial charge in [0.25, 0.3) is 5.78 Å². The first-order valence-corrected chi connectivity index (χ1v) is 13.1. The lowest BCUT2D eigenvalue weighted by Gasteiger charge is -2.36. The van der Waals surface area contributed by atoms with Crippen LogP contribution in [-0.4, -0.2) is 73.0 Å². The van der Waals surface area contributed by atoms with Crippen molar-refractivity contribution >= 4 is 34.9 Å². The van der Waals surface area contributed by atoms with Gasteiger partial charge >= 0.3 is 5.97 Å². The maximum atomic E-state index is 13.1. The van der Waals surface area contributed by atoms with E-state index in [9.17, 15) is 19.2 Å². The molecular formula is C30H37N3O6. The first-order chi connectivity index (χ1) is 18.7. The normalized spacial score (nSPS) is 12.9. The Morgan fingerprint density at radius 3 is 2.36 bits per heavy atom. The molecule has 0 aliphatic heterocycles. The summed E-state index contributed by atoms with van der Waals surface area (Å²) in [6.07, 6.45) is 3.07. The smallest absolute Gasteiger partial charge is 0.316 e. The molecule has 0 aliphatic carbocycles. The molecule has 3 rings (SSSR count). The monoisotopic (exact) mass is 535 g/mol. The molecule has 0 saturated carbocycles. The summed E-state index contributed by atoms with van der Waals surface area (Å²) in [5.74, 6) is -0.551. The number of carbonyl (C=O) groups is 4. The number of ether oxygens (including phenoxy) is 2. The zero-order valence-electron chi connectivity index (χ0n) is 23.3. The van der Waals surface area contributed by atoms with Crippen molar-refractivity contribution in [3.63, 3.8) is 0 Å². The van der Waals surface area contributed by atoms with E-state index in [4.69, 9.17) is 9.47 Å². The van der Waals surface area contributed by atoms with Gasteiger partial charge in [-0.2, -0.15) is 0 Å². The van der Waals surface area contributed by atoms with Gasteiger partial charge in [0.1, 0.15) is 11.6 Å². The number of rotatable bonds is 15. The average Bonchev–Trinajstić information content (AvgIpc) is 3.36. The molecule has 1 heterocycles. The molecule has 1 N–H and O–H groups in total. The topological polar surface area (TPSA) is 119 Å². The summed E-state index contributed by atoms with van der Waals surface area (Å²) in [6.45, 7) is 5.76. The maximum absolute atomic E-state index is 13.1. The molecule has 208 valence electrons. The molecule has 0 fully saturated rings. The van der Waals surface area contributed by atoms with Crippen LogP contribution in [0.3, 0.4) is 0 Å². The summed E-state index contributed by atoms with van der Waals surface area (Å²) < 4.78 is 10.6. The quantitative estimate of drug-likeness (QED) is 0.102. The lowest BCUT2D eigenvalue weighted by molar-refractivity contribution is -0.150. The third kappa shape index (κ3) is 6.78. The molecule has 3 aromatic rings. The molecule has 0 amide bonds. The number of nitrogens with one attached hydrogen (secondary N) is 1. The Hall–Kier alpha value is -3.85. The van der Waals surface area contributed by atoms with Crippen molar-refractivity contribution < 1.29 is 28.7 Å². The van der Waals surface area contributed by atoms with Crippen LogP contribution in [0.1, 0.15) is 54.9 Å². The number of imidazole rings is 1. The Kier molecular flexibility index (Phi) is 10.1. The molecule has 39 heavy (non-hydrogen) atoms. The van der Waals surface area contributed by atoms with Crippen LogP contribution in [0, 0.1) is 5.92 Å². The fraction of sp³-hybridized carbons (Fsp3) is 0.433. The number of H-pyrrole nitrogens is 1. The number of methoxy groups -OCH3 is 2. The lowest BCUT2D eigenvalue weighted by Crippen LogP contribution is -2.42. The minimum absolute atomic E-state index is 0.0265. The molecule has 0 aliphatic rings. The molecule has 0 saturated heterocycles. The fourth-order valence-electron chi connectivity index (χ4n) is 5.07. The van der Waals surface area contributed by atoms with Crippen LogP contribution in [0.25, 0.3) is 11.0 Å². The molecule has 0 spiro atoms. The Morgan fingerprint density at radius 1 is 1.05 bits per heavy atom. The third-order valence-electron chi connectivity index (χ3n) is 7.33. The highest BCUT2D eigenvalue weighted by Crippen LogP contribution is 2.39. The number of aromatic amines is 1.